The van der Waals surface area contributed by atoms with Crippen molar-refractivity contribution in [1.82, 2.24) is 0 Å². The van der Waals surface area contributed by atoms with Crippen molar-refractivity contribution in [3.05, 3.63) is 106 Å². The number of benzene rings is 3. The molecule has 35 heavy (non-hydrogen) atoms. The maximum absolute atomic E-state index is 13.7. The topological polar surface area (TPSA) is 78.6 Å². The molecule has 0 saturated carbocycles. The lowest BCUT2D eigenvalue weighted by molar-refractivity contribution is -0.362. The first-order valence-corrected chi connectivity index (χ1v) is 11.5. The van der Waals surface area contributed by atoms with Crippen LogP contribution in [0.15, 0.2) is 78.4 Å². The van der Waals surface area contributed by atoms with E-state index in [1.165, 1.54) is 0 Å². The first kappa shape index (κ1) is 21.1. The number of rotatable bonds is 4. The van der Waals surface area contributed by atoms with Crippen molar-refractivity contribution in [3.63, 3.8) is 0 Å². The second-order valence-corrected chi connectivity index (χ2v) is 8.82. The highest BCUT2D eigenvalue weighted by Crippen LogP contribution is 2.41. The third-order valence-electron chi connectivity index (χ3n) is 6.57. The zero-order valence-corrected chi connectivity index (χ0v) is 19.3. The summed E-state index contributed by atoms with van der Waals surface area (Å²) in [5.74, 6) is 0.934. The maximum Gasteiger partial charge on any atom is 0.258 e. The van der Waals surface area contributed by atoms with E-state index in [4.69, 9.17) is 9.47 Å². The van der Waals surface area contributed by atoms with Crippen molar-refractivity contribution in [2.24, 2.45) is 0 Å². The summed E-state index contributed by atoms with van der Waals surface area (Å²) >= 11 is 0. The average Bonchev–Trinajstić information content (AvgIpc) is 2.89. The zero-order chi connectivity index (χ0) is 24.1. The molecule has 3 aliphatic rings. The normalized spacial score (nSPS) is 17.3. The van der Waals surface area contributed by atoms with E-state index in [9.17, 15) is 9.59 Å². The van der Waals surface area contributed by atoms with Gasteiger partial charge in [-0.05, 0) is 30.7 Å². The second-order valence-electron chi connectivity index (χ2n) is 8.82. The van der Waals surface area contributed by atoms with Crippen molar-refractivity contribution in [3.8, 4) is 11.5 Å². The molecular formula is C29H23N2O4+. The second kappa shape index (κ2) is 8.09. The van der Waals surface area contributed by atoms with E-state index in [2.05, 4.69) is 10.3 Å². The van der Waals surface area contributed by atoms with E-state index in [0.29, 0.717) is 45.9 Å². The Hall–Kier alpha value is -4.45. The Morgan fingerprint density at radius 1 is 0.971 bits per heavy atom. The monoisotopic (exact) mass is 463 g/mol. The summed E-state index contributed by atoms with van der Waals surface area (Å²) in [6.45, 7) is 2.48. The van der Waals surface area contributed by atoms with Gasteiger partial charge in [0.1, 0.15) is 11.3 Å². The van der Waals surface area contributed by atoms with Crippen LogP contribution >= 0.6 is 0 Å². The average molecular weight is 464 g/mol. The fourth-order valence-electron chi connectivity index (χ4n) is 4.76. The van der Waals surface area contributed by atoms with Gasteiger partial charge >= 0.3 is 0 Å². The Kier molecular flexibility index (Phi) is 4.88. The summed E-state index contributed by atoms with van der Waals surface area (Å²) in [6, 6.07) is 16.5. The van der Waals surface area contributed by atoms with E-state index < -0.39 is 0 Å². The van der Waals surface area contributed by atoms with Crippen LogP contribution < -0.4 is 19.8 Å². The van der Waals surface area contributed by atoms with E-state index >= 15 is 0 Å². The van der Waals surface area contributed by atoms with E-state index in [1.807, 2.05) is 55.5 Å². The summed E-state index contributed by atoms with van der Waals surface area (Å²) in [5.41, 5.74) is 5.57. The summed E-state index contributed by atoms with van der Waals surface area (Å²) in [7, 11) is 1.63. The molecule has 2 N–H and O–H groups in total. The number of anilines is 1. The predicted molar refractivity (Wildman–Crippen MR) is 133 cm³/mol. The lowest BCUT2D eigenvalue weighted by Crippen LogP contribution is -2.72. The maximum atomic E-state index is 13.7. The Morgan fingerprint density at radius 3 is 2.40 bits per heavy atom. The van der Waals surface area contributed by atoms with Gasteiger partial charge in [-0.1, -0.05) is 48.0 Å². The molecule has 0 amide bonds. The molecule has 172 valence electrons. The number of fused-ring (bicyclic) bond motifs is 5. The highest BCUT2D eigenvalue weighted by Gasteiger charge is 2.41. The molecule has 6 heteroatoms. The number of nitrogens with one attached hydrogen (secondary N) is 2. The summed E-state index contributed by atoms with van der Waals surface area (Å²) in [4.78, 5) is 30.8. The van der Waals surface area contributed by atoms with Crippen molar-refractivity contribution in [1.29, 1.82) is 0 Å². The number of ether oxygens (including phenoxy) is 2. The van der Waals surface area contributed by atoms with Crippen LogP contribution in [0.1, 0.15) is 44.3 Å². The van der Waals surface area contributed by atoms with E-state index in [0.717, 1.165) is 22.6 Å². The standard InChI is InChI=1S/C29H22N2O4/c1-16-7-12-21-23(13-16)35-24-14-22(30-15-17-8-10-18(34-2)11-9-17)25-26(27(24)31-21)29(33)20-6-4-3-5-19(20)28(25)32/h3-14,23,30H,15H2,1-2H3/p+1. The number of allylic oxidation sites excluding steroid dienone is 2. The van der Waals surface area contributed by atoms with E-state index in [1.54, 1.807) is 31.4 Å². The Balaban J connectivity index is 1.49. The van der Waals surface area contributed by atoms with Gasteiger partial charge in [-0.25, -0.2) is 4.99 Å². The van der Waals surface area contributed by atoms with Crippen LogP contribution in [-0.4, -0.2) is 30.5 Å². The largest absolute Gasteiger partial charge is 0.497 e. The van der Waals surface area contributed by atoms with Gasteiger partial charge < -0.3 is 14.8 Å². The van der Waals surface area contributed by atoms with Gasteiger partial charge in [0.2, 0.25) is 17.6 Å². The molecule has 3 aromatic carbocycles. The van der Waals surface area contributed by atoms with Crippen LogP contribution in [0.3, 0.4) is 0 Å². The van der Waals surface area contributed by atoms with Crippen molar-refractivity contribution in [2.45, 2.75) is 19.6 Å². The van der Waals surface area contributed by atoms with E-state index in [-0.39, 0.29) is 17.7 Å². The molecule has 6 rings (SSSR count). The summed E-state index contributed by atoms with van der Waals surface area (Å²) < 4.78 is 11.6. The molecule has 3 aromatic rings. The van der Waals surface area contributed by atoms with Crippen molar-refractivity contribution in [2.75, 3.05) is 12.4 Å². The Morgan fingerprint density at radius 2 is 1.69 bits per heavy atom. The number of methoxy groups -OCH3 is 1. The third-order valence-corrected chi connectivity index (χ3v) is 6.57. The van der Waals surface area contributed by atoms with Crippen LogP contribution in [-0.2, 0) is 6.54 Å². The van der Waals surface area contributed by atoms with Crippen LogP contribution in [0, 0.1) is 0 Å². The van der Waals surface area contributed by atoms with Crippen molar-refractivity contribution < 1.29 is 24.1 Å². The number of hydrogen-bond acceptors (Lipinski definition) is 5. The minimum absolute atomic E-state index is 0.181. The predicted octanol–water partition coefficient (Wildman–Crippen LogP) is 3.51. The first-order valence-electron chi connectivity index (χ1n) is 11.5. The highest BCUT2D eigenvalue weighted by molar-refractivity contribution is 6.32. The molecule has 0 bridgehead atoms. The first-order chi connectivity index (χ1) is 17.0. The van der Waals surface area contributed by atoms with Gasteiger partial charge in [0.15, 0.2) is 11.5 Å². The van der Waals surface area contributed by atoms with Gasteiger partial charge in [0.25, 0.3) is 5.69 Å². The molecule has 0 radical (unpaired) electrons. The third kappa shape index (κ3) is 3.46. The molecule has 1 atom stereocenters. The minimum atomic E-state index is -0.276. The van der Waals surface area contributed by atoms with Crippen LogP contribution in [0.25, 0.3) is 0 Å². The number of hydrogen-bond donors (Lipinski definition) is 2. The lowest BCUT2D eigenvalue weighted by Gasteiger charge is -2.26. The van der Waals surface area contributed by atoms with Gasteiger partial charge in [-0.2, -0.15) is 0 Å². The van der Waals surface area contributed by atoms with Gasteiger partial charge in [0, 0.05) is 29.8 Å². The molecule has 6 nitrogen and oxygen atoms in total. The van der Waals surface area contributed by atoms with Crippen LogP contribution in [0.5, 0.6) is 11.5 Å². The van der Waals surface area contributed by atoms with Gasteiger partial charge in [-0.3, -0.25) is 9.59 Å². The SMILES string of the molecule is COc1ccc(CNc2cc3c(c4c2C(=O)c2ccccc2C4=O)[NH+]=C2C=CC(C)=CC2O3)cc1. The summed E-state index contributed by atoms with van der Waals surface area (Å²) in [6.07, 6.45) is 5.69. The molecular weight excluding hydrogens is 440 g/mol. The lowest BCUT2D eigenvalue weighted by atomic mass is 9.81. The smallest absolute Gasteiger partial charge is 0.258 e. The molecule has 1 unspecified atom stereocenters. The molecule has 0 fully saturated rings. The molecule has 2 aliphatic carbocycles. The van der Waals surface area contributed by atoms with Gasteiger partial charge in [-0.15, -0.1) is 0 Å². The molecule has 0 saturated heterocycles. The fourth-order valence-corrected chi connectivity index (χ4v) is 4.76. The minimum Gasteiger partial charge on any atom is -0.497 e. The zero-order valence-electron chi connectivity index (χ0n) is 19.3. The quantitative estimate of drug-likeness (QED) is 0.484. The van der Waals surface area contributed by atoms with Gasteiger partial charge in [0.05, 0.1) is 18.4 Å². The number of ketones is 2. The van der Waals surface area contributed by atoms with Crippen molar-refractivity contribution >= 4 is 28.7 Å². The molecule has 0 aromatic heterocycles. The number of carbonyl (C=O) groups is 2. The number of carbonyl (C=O) groups excluding carboxylic acids is 2. The van der Waals surface area contributed by atoms with Crippen LogP contribution in [0.2, 0.25) is 0 Å². The fraction of sp³-hybridized carbons (Fsp3) is 0.138. The molecule has 1 aliphatic heterocycles. The molecule has 0 spiro atoms. The van der Waals surface area contributed by atoms with Crippen LogP contribution in [0.4, 0.5) is 11.4 Å². The Bertz CT molecular complexity index is 1500. The highest BCUT2D eigenvalue weighted by atomic mass is 16.5. The summed E-state index contributed by atoms with van der Waals surface area (Å²) in [5, 5.41) is 3.38. The molecule has 1 heterocycles. The Labute approximate surface area is 202 Å².